The number of nitrogens with two attached hydrogens (primary N) is 1. The van der Waals surface area contributed by atoms with Gasteiger partial charge in [-0.25, -0.2) is 4.98 Å². The molecule has 3 N–H and O–H groups in total. The molecule has 0 radical (unpaired) electrons. The average Bonchev–Trinajstić information content (AvgIpc) is 2.57. The zero-order valence-corrected chi connectivity index (χ0v) is 15.3. The SMILES string of the molecule is Cl.Cl.NCCCCCCNc1c2ccccc2nc2ccccc12. The largest absolute Gasteiger partial charge is 0.384 e. The zero-order valence-electron chi connectivity index (χ0n) is 13.7. The van der Waals surface area contributed by atoms with Crippen molar-refractivity contribution in [2.75, 3.05) is 18.4 Å². The first kappa shape index (κ1) is 20.5. The van der Waals surface area contributed by atoms with Crippen LogP contribution in [0.4, 0.5) is 5.69 Å². The van der Waals surface area contributed by atoms with Crippen molar-refractivity contribution in [2.24, 2.45) is 5.73 Å². The third-order valence-corrected chi connectivity index (χ3v) is 4.02. The van der Waals surface area contributed by atoms with Crippen molar-refractivity contribution in [3.05, 3.63) is 48.5 Å². The minimum atomic E-state index is 0. The van der Waals surface area contributed by atoms with Crippen LogP contribution in [0, 0.1) is 0 Å². The molecule has 3 rings (SSSR count). The minimum absolute atomic E-state index is 0. The van der Waals surface area contributed by atoms with E-state index in [1.807, 2.05) is 12.1 Å². The Morgan fingerprint density at radius 1 is 0.750 bits per heavy atom. The molecule has 0 saturated carbocycles. The highest BCUT2D eigenvalue weighted by molar-refractivity contribution is 6.07. The van der Waals surface area contributed by atoms with E-state index in [9.17, 15) is 0 Å². The standard InChI is InChI=1S/C19H23N3.2ClH/c20-13-7-1-2-8-14-21-19-15-9-3-5-11-17(15)22-18-12-6-4-10-16(18)19;;/h3-6,9-12H,1-2,7-8,13-14,20H2,(H,21,22);2*1H. The van der Waals surface area contributed by atoms with Gasteiger partial charge in [0.1, 0.15) is 0 Å². The van der Waals surface area contributed by atoms with Crippen molar-refractivity contribution in [1.29, 1.82) is 0 Å². The van der Waals surface area contributed by atoms with Crippen molar-refractivity contribution in [3.8, 4) is 0 Å². The molecule has 5 heteroatoms. The van der Waals surface area contributed by atoms with Crippen molar-refractivity contribution >= 4 is 52.3 Å². The van der Waals surface area contributed by atoms with Crippen LogP contribution in [0.25, 0.3) is 21.8 Å². The van der Waals surface area contributed by atoms with Crippen LogP contribution in [0.5, 0.6) is 0 Å². The quantitative estimate of drug-likeness (QED) is 0.448. The predicted octanol–water partition coefficient (Wildman–Crippen LogP) is 5.16. The second-order valence-corrected chi connectivity index (χ2v) is 5.65. The van der Waals surface area contributed by atoms with Crippen molar-refractivity contribution in [1.82, 2.24) is 4.98 Å². The summed E-state index contributed by atoms with van der Waals surface area (Å²) >= 11 is 0. The van der Waals surface area contributed by atoms with Gasteiger partial charge in [-0.2, -0.15) is 0 Å². The van der Waals surface area contributed by atoms with Gasteiger partial charge in [-0.1, -0.05) is 49.2 Å². The summed E-state index contributed by atoms with van der Waals surface area (Å²) in [6.45, 7) is 1.79. The molecule has 0 aliphatic carbocycles. The monoisotopic (exact) mass is 365 g/mol. The molecule has 130 valence electrons. The lowest BCUT2D eigenvalue weighted by Crippen LogP contribution is -2.04. The molecule has 0 aliphatic rings. The Bertz CT molecular complexity index is 708. The molecular weight excluding hydrogens is 341 g/mol. The Kier molecular flexibility index (Phi) is 8.83. The Hall–Kier alpha value is -1.55. The van der Waals surface area contributed by atoms with Gasteiger partial charge < -0.3 is 11.1 Å². The fourth-order valence-corrected chi connectivity index (χ4v) is 2.87. The topological polar surface area (TPSA) is 50.9 Å². The predicted molar refractivity (Wildman–Crippen MR) is 110 cm³/mol. The number of nitrogens with zero attached hydrogens (tertiary/aromatic N) is 1. The number of pyridine rings is 1. The van der Waals surface area contributed by atoms with E-state index in [1.165, 1.54) is 35.7 Å². The van der Waals surface area contributed by atoms with E-state index < -0.39 is 0 Å². The summed E-state index contributed by atoms with van der Waals surface area (Å²) in [7, 11) is 0. The summed E-state index contributed by atoms with van der Waals surface area (Å²) in [5, 5.41) is 6.03. The van der Waals surface area contributed by atoms with Gasteiger partial charge in [0, 0.05) is 17.3 Å². The van der Waals surface area contributed by atoms with Gasteiger partial charge in [0.05, 0.1) is 16.7 Å². The van der Waals surface area contributed by atoms with E-state index in [4.69, 9.17) is 10.7 Å². The minimum Gasteiger partial charge on any atom is -0.384 e. The number of hydrogen-bond acceptors (Lipinski definition) is 3. The maximum Gasteiger partial charge on any atom is 0.0730 e. The van der Waals surface area contributed by atoms with Gasteiger partial charge in [0.2, 0.25) is 0 Å². The first-order valence-electron chi connectivity index (χ1n) is 8.11. The lowest BCUT2D eigenvalue weighted by molar-refractivity contribution is 0.662. The molecule has 0 aliphatic heterocycles. The number of nitrogens with one attached hydrogen (secondary N) is 1. The van der Waals surface area contributed by atoms with E-state index in [1.54, 1.807) is 0 Å². The number of unbranched alkanes of at least 4 members (excludes halogenated alkanes) is 3. The number of anilines is 1. The van der Waals surface area contributed by atoms with Crippen LogP contribution >= 0.6 is 24.8 Å². The van der Waals surface area contributed by atoms with Crippen LogP contribution in [0.3, 0.4) is 0 Å². The molecule has 0 spiro atoms. The number of rotatable bonds is 7. The second-order valence-electron chi connectivity index (χ2n) is 5.65. The maximum absolute atomic E-state index is 5.54. The van der Waals surface area contributed by atoms with E-state index in [0.717, 1.165) is 30.5 Å². The zero-order chi connectivity index (χ0) is 15.2. The lowest BCUT2D eigenvalue weighted by atomic mass is 10.1. The summed E-state index contributed by atoms with van der Waals surface area (Å²) in [5.74, 6) is 0. The Labute approximate surface area is 155 Å². The number of para-hydroxylation sites is 2. The molecule has 0 atom stereocenters. The summed E-state index contributed by atoms with van der Waals surface area (Å²) in [4.78, 5) is 4.75. The van der Waals surface area contributed by atoms with Gasteiger partial charge in [-0.15, -0.1) is 24.8 Å². The van der Waals surface area contributed by atoms with E-state index >= 15 is 0 Å². The van der Waals surface area contributed by atoms with E-state index in [2.05, 4.69) is 41.7 Å². The molecule has 0 fully saturated rings. The fraction of sp³-hybridized carbons (Fsp3) is 0.316. The summed E-state index contributed by atoms with van der Waals surface area (Å²) in [6, 6.07) is 16.7. The van der Waals surface area contributed by atoms with Crippen LogP contribution in [0.1, 0.15) is 25.7 Å². The number of hydrogen-bond donors (Lipinski definition) is 2. The Balaban J connectivity index is 0.00000144. The number of fused-ring (bicyclic) bond motifs is 2. The van der Waals surface area contributed by atoms with Gasteiger partial charge in [0.25, 0.3) is 0 Å². The highest BCUT2D eigenvalue weighted by Crippen LogP contribution is 2.30. The van der Waals surface area contributed by atoms with Gasteiger partial charge in [-0.3, -0.25) is 0 Å². The molecule has 1 heterocycles. The summed E-state index contributed by atoms with van der Waals surface area (Å²) < 4.78 is 0. The van der Waals surface area contributed by atoms with E-state index in [0.29, 0.717) is 0 Å². The lowest BCUT2D eigenvalue weighted by Gasteiger charge is -2.13. The van der Waals surface area contributed by atoms with Crippen molar-refractivity contribution in [2.45, 2.75) is 25.7 Å². The van der Waals surface area contributed by atoms with Crippen LogP contribution in [0.2, 0.25) is 0 Å². The molecule has 3 nitrogen and oxygen atoms in total. The molecule has 0 bridgehead atoms. The van der Waals surface area contributed by atoms with Crippen LogP contribution in [-0.4, -0.2) is 18.1 Å². The molecule has 0 unspecified atom stereocenters. The third-order valence-electron chi connectivity index (χ3n) is 4.02. The molecule has 0 amide bonds. The molecule has 3 aromatic rings. The first-order valence-corrected chi connectivity index (χ1v) is 8.11. The molecule has 24 heavy (non-hydrogen) atoms. The van der Waals surface area contributed by atoms with Crippen LogP contribution < -0.4 is 11.1 Å². The highest BCUT2D eigenvalue weighted by Gasteiger charge is 2.07. The smallest absolute Gasteiger partial charge is 0.0730 e. The normalized spacial score (nSPS) is 10.2. The number of halogens is 2. The van der Waals surface area contributed by atoms with Crippen molar-refractivity contribution < 1.29 is 0 Å². The fourth-order valence-electron chi connectivity index (χ4n) is 2.87. The van der Waals surface area contributed by atoms with Crippen molar-refractivity contribution in [3.63, 3.8) is 0 Å². The molecular formula is C19H25Cl2N3. The summed E-state index contributed by atoms with van der Waals surface area (Å²) in [5.41, 5.74) is 8.84. The Morgan fingerprint density at radius 2 is 1.29 bits per heavy atom. The third kappa shape index (κ3) is 4.73. The van der Waals surface area contributed by atoms with Crippen LogP contribution in [-0.2, 0) is 0 Å². The molecule has 2 aromatic carbocycles. The van der Waals surface area contributed by atoms with Gasteiger partial charge >= 0.3 is 0 Å². The van der Waals surface area contributed by atoms with Crippen LogP contribution in [0.15, 0.2) is 48.5 Å². The number of benzene rings is 2. The molecule has 1 aromatic heterocycles. The average molecular weight is 366 g/mol. The van der Waals surface area contributed by atoms with E-state index in [-0.39, 0.29) is 24.8 Å². The second kappa shape index (κ2) is 10.3. The molecule has 0 saturated heterocycles. The van der Waals surface area contributed by atoms with Gasteiger partial charge in [-0.05, 0) is 31.5 Å². The Morgan fingerprint density at radius 3 is 1.88 bits per heavy atom. The summed E-state index contributed by atoms with van der Waals surface area (Å²) in [6.07, 6.45) is 4.74. The highest BCUT2D eigenvalue weighted by atomic mass is 35.5. The number of aromatic nitrogens is 1. The van der Waals surface area contributed by atoms with Gasteiger partial charge in [0.15, 0.2) is 0 Å². The maximum atomic E-state index is 5.54. The first-order chi connectivity index (χ1) is 10.9.